The Morgan fingerprint density at radius 1 is 1.03 bits per heavy atom. The van der Waals surface area contributed by atoms with Crippen LogP contribution in [0.4, 0.5) is 11.4 Å². The van der Waals surface area contributed by atoms with Gasteiger partial charge in [0, 0.05) is 62.5 Å². The molecule has 1 aliphatic rings. The van der Waals surface area contributed by atoms with Crippen LogP contribution in [0.2, 0.25) is 0 Å². The Kier molecular flexibility index (Phi) is 6.66. The van der Waals surface area contributed by atoms with E-state index in [0.29, 0.717) is 18.7 Å². The van der Waals surface area contributed by atoms with Crippen molar-refractivity contribution in [1.82, 2.24) is 10.2 Å². The van der Waals surface area contributed by atoms with E-state index in [4.69, 9.17) is 0 Å². The third kappa shape index (κ3) is 4.94. The summed E-state index contributed by atoms with van der Waals surface area (Å²) in [6.45, 7) is 7.33. The number of nitrogens with zero attached hydrogens (tertiary/aromatic N) is 3. The lowest BCUT2D eigenvalue weighted by Gasteiger charge is -2.37. The molecule has 0 aromatic heterocycles. The van der Waals surface area contributed by atoms with Crippen molar-refractivity contribution in [3.05, 3.63) is 69.3 Å². The van der Waals surface area contributed by atoms with Gasteiger partial charge in [-0.05, 0) is 43.2 Å². The zero-order valence-corrected chi connectivity index (χ0v) is 17.3. The molecule has 3 rings (SSSR count). The number of carbonyl (C=O) groups excluding carboxylic acids is 2. The molecule has 0 bridgehead atoms. The van der Waals surface area contributed by atoms with Gasteiger partial charge >= 0.3 is 0 Å². The number of carbonyl (C=O) groups is 2. The molecule has 8 heteroatoms. The Balaban J connectivity index is 1.44. The first-order chi connectivity index (χ1) is 14.4. The average molecular weight is 410 g/mol. The number of rotatable bonds is 6. The highest BCUT2D eigenvalue weighted by molar-refractivity contribution is 5.94. The van der Waals surface area contributed by atoms with Crippen LogP contribution in [0.3, 0.4) is 0 Å². The lowest BCUT2D eigenvalue weighted by Crippen LogP contribution is -2.49. The van der Waals surface area contributed by atoms with Crippen LogP contribution >= 0.6 is 0 Å². The van der Waals surface area contributed by atoms with Gasteiger partial charge in [-0.25, -0.2) is 0 Å². The number of aryl methyl sites for hydroxylation is 1. The molecule has 0 atom stereocenters. The summed E-state index contributed by atoms with van der Waals surface area (Å²) in [4.78, 5) is 38.9. The summed E-state index contributed by atoms with van der Waals surface area (Å²) in [6, 6.07) is 11.7. The molecule has 0 aliphatic carbocycles. The normalized spacial score (nSPS) is 13.8. The van der Waals surface area contributed by atoms with E-state index in [9.17, 15) is 19.7 Å². The van der Waals surface area contributed by atoms with Crippen molar-refractivity contribution in [3.8, 4) is 0 Å². The maximum absolute atomic E-state index is 12.5. The van der Waals surface area contributed by atoms with Gasteiger partial charge in [-0.2, -0.15) is 0 Å². The summed E-state index contributed by atoms with van der Waals surface area (Å²) in [7, 11) is 0. The molecule has 0 saturated carbocycles. The second kappa shape index (κ2) is 9.39. The molecule has 8 nitrogen and oxygen atoms in total. The fourth-order valence-electron chi connectivity index (χ4n) is 3.55. The van der Waals surface area contributed by atoms with E-state index in [1.165, 1.54) is 41.1 Å². The van der Waals surface area contributed by atoms with Gasteiger partial charge in [0.1, 0.15) is 0 Å². The van der Waals surface area contributed by atoms with Crippen molar-refractivity contribution in [2.24, 2.45) is 0 Å². The van der Waals surface area contributed by atoms with Crippen LogP contribution in [0.1, 0.15) is 27.9 Å². The van der Waals surface area contributed by atoms with Crippen LogP contribution in [-0.4, -0.2) is 54.4 Å². The molecular formula is C22H26N4O4. The topological polar surface area (TPSA) is 95.8 Å². The van der Waals surface area contributed by atoms with Crippen LogP contribution in [0.25, 0.3) is 0 Å². The number of anilines is 1. The molecule has 2 aromatic rings. The van der Waals surface area contributed by atoms with E-state index >= 15 is 0 Å². The number of amides is 2. The standard InChI is InChI=1S/C22H26N4O4/c1-16-4-3-5-20(17(16)2)24-12-14-25(15-13-24)21(27)10-11-23-22(28)18-6-8-19(9-7-18)26(29)30/h3-9H,10-15H2,1-2H3,(H,23,28). The van der Waals surface area contributed by atoms with E-state index in [1.54, 1.807) is 0 Å². The van der Waals surface area contributed by atoms with Crippen LogP contribution < -0.4 is 10.2 Å². The minimum absolute atomic E-state index is 0.0135. The molecule has 2 aromatic carbocycles. The molecular weight excluding hydrogens is 384 g/mol. The number of hydrogen-bond donors (Lipinski definition) is 1. The Morgan fingerprint density at radius 3 is 2.33 bits per heavy atom. The number of nitro groups is 1. The molecule has 1 fully saturated rings. The van der Waals surface area contributed by atoms with Gasteiger partial charge in [-0.3, -0.25) is 19.7 Å². The Bertz CT molecular complexity index is 935. The molecule has 1 saturated heterocycles. The fourth-order valence-corrected chi connectivity index (χ4v) is 3.55. The van der Waals surface area contributed by atoms with Gasteiger partial charge in [0.15, 0.2) is 0 Å². The quantitative estimate of drug-likeness (QED) is 0.583. The first kappa shape index (κ1) is 21.3. The third-order valence-electron chi connectivity index (χ3n) is 5.51. The van der Waals surface area contributed by atoms with Gasteiger partial charge < -0.3 is 15.1 Å². The van der Waals surface area contributed by atoms with Gasteiger partial charge in [0.2, 0.25) is 5.91 Å². The largest absolute Gasteiger partial charge is 0.368 e. The maximum atomic E-state index is 12.5. The van der Waals surface area contributed by atoms with Crippen molar-refractivity contribution in [3.63, 3.8) is 0 Å². The second-order valence-corrected chi connectivity index (χ2v) is 7.40. The van der Waals surface area contributed by atoms with Crippen LogP contribution in [-0.2, 0) is 4.79 Å². The van der Waals surface area contributed by atoms with Crippen molar-refractivity contribution >= 4 is 23.2 Å². The highest BCUT2D eigenvalue weighted by Crippen LogP contribution is 2.24. The van der Waals surface area contributed by atoms with E-state index in [2.05, 4.69) is 42.3 Å². The van der Waals surface area contributed by atoms with Crippen molar-refractivity contribution in [1.29, 1.82) is 0 Å². The molecule has 0 unspecified atom stereocenters. The van der Waals surface area contributed by atoms with Crippen molar-refractivity contribution < 1.29 is 14.5 Å². The van der Waals surface area contributed by atoms with Crippen molar-refractivity contribution in [2.75, 3.05) is 37.6 Å². The predicted octanol–water partition coefficient (Wildman–Crippen LogP) is 2.68. The van der Waals surface area contributed by atoms with Gasteiger partial charge in [0.25, 0.3) is 11.6 Å². The monoisotopic (exact) mass is 410 g/mol. The minimum Gasteiger partial charge on any atom is -0.368 e. The third-order valence-corrected chi connectivity index (χ3v) is 5.51. The van der Waals surface area contributed by atoms with E-state index in [0.717, 1.165) is 13.1 Å². The lowest BCUT2D eigenvalue weighted by molar-refractivity contribution is -0.384. The number of nitro benzene ring substituents is 1. The number of nitrogens with one attached hydrogen (secondary N) is 1. The molecule has 1 heterocycles. The highest BCUT2D eigenvalue weighted by atomic mass is 16.6. The van der Waals surface area contributed by atoms with E-state index in [1.807, 2.05) is 4.90 Å². The number of hydrogen-bond acceptors (Lipinski definition) is 5. The summed E-state index contributed by atoms with van der Waals surface area (Å²) in [5.41, 5.74) is 4.01. The number of non-ortho nitro benzene ring substituents is 1. The first-order valence-corrected chi connectivity index (χ1v) is 9.98. The molecule has 1 aliphatic heterocycles. The van der Waals surface area contributed by atoms with Crippen LogP contribution in [0.15, 0.2) is 42.5 Å². The summed E-state index contributed by atoms with van der Waals surface area (Å²) in [5.74, 6) is -0.336. The summed E-state index contributed by atoms with van der Waals surface area (Å²) in [6.07, 6.45) is 0.224. The smallest absolute Gasteiger partial charge is 0.269 e. The van der Waals surface area contributed by atoms with Gasteiger partial charge in [-0.1, -0.05) is 12.1 Å². The molecule has 158 valence electrons. The maximum Gasteiger partial charge on any atom is 0.269 e. The Labute approximate surface area is 175 Å². The number of benzene rings is 2. The first-order valence-electron chi connectivity index (χ1n) is 9.98. The summed E-state index contributed by atoms with van der Waals surface area (Å²) >= 11 is 0. The zero-order chi connectivity index (χ0) is 21.7. The summed E-state index contributed by atoms with van der Waals surface area (Å²) < 4.78 is 0. The molecule has 1 N–H and O–H groups in total. The second-order valence-electron chi connectivity index (χ2n) is 7.40. The SMILES string of the molecule is Cc1cccc(N2CCN(C(=O)CCNC(=O)c3ccc([N+](=O)[O-])cc3)CC2)c1C. The van der Waals surface area contributed by atoms with Gasteiger partial charge in [0.05, 0.1) is 4.92 Å². The highest BCUT2D eigenvalue weighted by Gasteiger charge is 2.22. The Hall–Kier alpha value is -3.42. The lowest BCUT2D eigenvalue weighted by atomic mass is 10.1. The van der Waals surface area contributed by atoms with Crippen LogP contribution in [0, 0.1) is 24.0 Å². The van der Waals surface area contributed by atoms with E-state index < -0.39 is 4.92 Å². The fraction of sp³-hybridized carbons (Fsp3) is 0.364. The molecule has 0 radical (unpaired) electrons. The Morgan fingerprint density at radius 2 is 1.70 bits per heavy atom. The van der Waals surface area contributed by atoms with Crippen molar-refractivity contribution in [2.45, 2.75) is 20.3 Å². The minimum atomic E-state index is -0.514. The average Bonchev–Trinajstić information content (AvgIpc) is 2.75. The van der Waals surface area contributed by atoms with E-state index in [-0.39, 0.29) is 30.5 Å². The molecule has 0 spiro atoms. The molecule has 2 amide bonds. The summed E-state index contributed by atoms with van der Waals surface area (Å²) in [5, 5.41) is 13.4. The number of piperazine rings is 1. The van der Waals surface area contributed by atoms with Crippen LogP contribution in [0.5, 0.6) is 0 Å². The predicted molar refractivity (Wildman–Crippen MR) is 115 cm³/mol. The molecule has 30 heavy (non-hydrogen) atoms. The zero-order valence-electron chi connectivity index (χ0n) is 17.3. The van der Waals surface area contributed by atoms with Gasteiger partial charge in [-0.15, -0.1) is 0 Å².